The lowest BCUT2D eigenvalue weighted by Crippen LogP contribution is -2.01. The Labute approximate surface area is 125 Å². The van der Waals surface area contributed by atoms with Gasteiger partial charge < -0.3 is 15.2 Å². The fourth-order valence-electron chi connectivity index (χ4n) is 1.79. The number of rotatable bonds is 6. The topological polar surface area (TPSA) is 41.5 Å². The molecule has 0 aliphatic rings. The Kier molecular flexibility index (Phi) is 5.39. The van der Waals surface area contributed by atoms with Gasteiger partial charge in [-0.1, -0.05) is 22.0 Å². The number of methoxy groups -OCH3 is 1. The van der Waals surface area contributed by atoms with Crippen molar-refractivity contribution < 1.29 is 9.84 Å². The van der Waals surface area contributed by atoms with Crippen molar-refractivity contribution in [2.75, 3.05) is 12.4 Å². The normalized spacial score (nSPS) is 10.7. The van der Waals surface area contributed by atoms with Crippen LogP contribution < -0.4 is 5.32 Å². The Balaban J connectivity index is 2.03. The number of nitrogens with one attached hydrogen (secondary N) is 1. The maximum absolute atomic E-state index is 9.31. The largest absolute Gasteiger partial charge is 0.392 e. The average Bonchev–Trinajstić information content (AvgIpc) is 2.85. The molecule has 0 unspecified atom stereocenters. The number of halogens is 1. The first kappa shape index (κ1) is 14.5. The van der Waals surface area contributed by atoms with Crippen LogP contribution in [0.3, 0.4) is 0 Å². The zero-order valence-electron chi connectivity index (χ0n) is 10.6. The molecular weight excluding hydrogens is 326 g/mol. The molecule has 102 valence electrons. The summed E-state index contributed by atoms with van der Waals surface area (Å²) in [7, 11) is 1.70. The number of ether oxygens (including phenoxy) is 1. The number of anilines is 1. The molecule has 0 saturated carbocycles. The molecule has 0 bridgehead atoms. The van der Waals surface area contributed by atoms with Gasteiger partial charge in [-0.05, 0) is 29.1 Å². The van der Waals surface area contributed by atoms with Crippen molar-refractivity contribution in [3.63, 3.8) is 0 Å². The molecule has 0 radical (unpaired) electrons. The molecule has 3 nitrogen and oxygen atoms in total. The van der Waals surface area contributed by atoms with Crippen LogP contribution >= 0.6 is 27.3 Å². The molecule has 0 spiro atoms. The van der Waals surface area contributed by atoms with Crippen molar-refractivity contribution in [3.8, 4) is 0 Å². The molecule has 0 fully saturated rings. The average molecular weight is 342 g/mol. The van der Waals surface area contributed by atoms with Crippen molar-refractivity contribution in [1.82, 2.24) is 0 Å². The Morgan fingerprint density at radius 2 is 2.21 bits per heavy atom. The van der Waals surface area contributed by atoms with Gasteiger partial charge in [0, 0.05) is 34.3 Å². The van der Waals surface area contributed by atoms with Crippen molar-refractivity contribution in [3.05, 3.63) is 50.1 Å². The predicted molar refractivity (Wildman–Crippen MR) is 82.4 cm³/mol. The number of thiophene rings is 1. The van der Waals surface area contributed by atoms with E-state index < -0.39 is 0 Å². The van der Waals surface area contributed by atoms with Gasteiger partial charge >= 0.3 is 0 Å². The Morgan fingerprint density at radius 3 is 2.95 bits per heavy atom. The number of aliphatic hydroxyl groups excluding tert-OH is 1. The molecule has 19 heavy (non-hydrogen) atoms. The highest BCUT2D eigenvalue weighted by Gasteiger charge is 2.04. The third-order valence-corrected chi connectivity index (χ3v) is 4.19. The first-order valence-electron chi connectivity index (χ1n) is 5.91. The summed E-state index contributed by atoms with van der Waals surface area (Å²) in [5.41, 5.74) is 3.05. The quantitative estimate of drug-likeness (QED) is 0.840. The lowest BCUT2D eigenvalue weighted by molar-refractivity contribution is 0.185. The molecule has 0 saturated heterocycles. The minimum absolute atomic E-state index is 0.0367. The molecule has 2 N–H and O–H groups in total. The highest BCUT2D eigenvalue weighted by Crippen LogP contribution is 2.23. The van der Waals surface area contributed by atoms with Gasteiger partial charge in [-0.2, -0.15) is 0 Å². The van der Waals surface area contributed by atoms with E-state index in [-0.39, 0.29) is 6.61 Å². The van der Waals surface area contributed by atoms with Crippen molar-refractivity contribution in [2.24, 2.45) is 0 Å². The maximum atomic E-state index is 9.31. The summed E-state index contributed by atoms with van der Waals surface area (Å²) in [5, 5.41) is 14.8. The maximum Gasteiger partial charge on any atom is 0.0721 e. The van der Waals surface area contributed by atoms with Crippen LogP contribution in [0.5, 0.6) is 0 Å². The van der Waals surface area contributed by atoms with Crippen LogP contribution in [-0.4, -0.2) is 12.2 Å². The van der Waals surface area contributed by atoms with Crippen molar-refractivity contribution in [2.45, 2.75) is 19.8 Å². The number of hydrogen-bond donors (Lipinski definition) is 2. The fraction of sp³-hybridized carbons (Fsp3) is 0.286. The van der Waals surface area contributed by atoms with Gasteiger partial charge in [0.1, 0.15) is 0 Å². The standard InChI is InChI=1S/C14H16BrNO2S/c1-18-8-10-4-13(19-9-10)6-16-14-5-12(15)3-2-11(14)7-17/h2-5,9,16-17H,6-8H2,1H3. The molecule has 5 heteroatoms. The summed E-state index contributed by atoms with van der Waals surface area (Å²) in [6, 6.07) is 7.96. The van der Waals surface area contributed by atoms with Crippen LogP contribution in [0.2, 0.25) is 0 Å². The van der Waals surface area contributed by atoms with E-state index in [1.165, 1.54) is 10.4 Å². The molecule has 1 heterocycles. The van der Waals surface area contributed by atoms with E-state index in [4.69, 9.17) is 4.74 Å². The summed E-state index contributed by atoms with van der Waals surface area (Å²) in [5.74, 6) is 0. The Hall–Kier alpha value is -0.880. The minimum Gasteiger partial charge on any atom is -0.392 e. The zero-order chi connectivity index (χ0) is 13.7. The Morgan fingerprint density at radius 1 is 1.37 bits per heavy atom. The highest BCUT2D eigenvalue weighted by atomic mass is 79.9. The smallest absolute Gasteiger partial charge is 0.0721 e. The summed E-state index contributed by atoms with van der Waals surface area (Å²) in [4.78, 5) is 1.25. The van der Waals surface area contributed by atoms with E-state index in [2.05, 4.69) is 32.7 Å². The fourth-order valence-corrected chi connectivity index (χ4v) is 2.97. The van der Waals surface area contributed by atoms with Crippen LogP contribution in [0.1, 0.15) is 16.0 Å². The lowest BCUT2D eigenvalue weighted by Gasteiger charge is -2.10. The van der Waals surface area contributed by atoms with Gasteiger partial charge in [0.2, 0.25) is 0 Å². The third kappa shape index (κ3) is 4.04. The first-order chi connectivity index (χ1) is 9.22. The predicted octanol–water partition coefficient (Wildman–Crippen LogP) is 3.76. The number of hydrogen-bond acceptors (Lipinski definition) is 4. The van der Waals surface area contributed by atoms with E-state index in [1.54, 1.807) is 18.4 Å². The van der Waals surface area contributed by atoms with Crippen LogP contribution in [0, 0.1) is 0 Å². The SMILES string of the molecule is COCc1csc(CNc2cc(Br)ccc2CO)c1. The molecule has 2 aromatic rings. The first-order valence-corrected chi connectivity index (χ1v) is 7.58. The van der Waals surface area contributed by atoms with Crippen LogP contribution in [0.15, 0.2) is 34.1 Å². The molecule has 0 aliphatic heterocycles. The van der Waals surface area contributed by atoms with Gasteiger partial charge in [0.15, 0.2) is 0 Å². The van der Waals surface area contributed by atoms with E-state index in [0.29, 0.717) is 6.61 Å². The molecular formula is C14H16BrNO2S. The molecule has 1 aromatic carbocycles. The van der Waals surface area contributed by atoms with Crippen LogP contribution in [-0.2, 0) is 24.5 Å². The van der Waals surface area contributed by atoms with E-state index in [9.17, 15) is 5.11 Å². The summed E-state index contributed by atoms with van der Waals surface area (Å²) in [6.45, 7) is 1.43. The van der Waals surface area contributed by atoms with Gasteiger partial charge in [0.05, 0.1) is 13.2 Å². The van der Waals surface area contributed by atoms with Gasteiger partial charge in [0.25, 0.3) is 0 Å². The molecule has 0 aliphatic carbocycles. The second-order valence-electron chi connectivity index (χ2n) is 4.17. The Bertz CT molecular complexity index is 542. The minimum atomic E-state index is 0.0367. The summed E-state index contributed by atoms with van der Waals surface area (Å²) in [6.07, 6.45) is 0. The van der Waals surface area contributed by atoms with Gasteiger partial charge in [-0.25, -0.2) is 0 Å². The number of benzene rings is 1. The molecule has 0 atom stereocenters. The second-order valence-corrected chi connectivity index (χ2v) is 6.08. The number of aliphatic hydroxyl groups is 1. The summed E-state index contributed by atoms with van der Waals surface area (Å²) < 4.78 is 6.10. The zero-order valence-corrected chi connectivity index (χ0v) is 13.1. The van der Waals surface area contributed by atoms with E-state index in [0.717, 1.165) is 22.3 Å². The summed E-state index contributed by atoms with van der Waals surface area (Å²) >= 11 is 5.15. The monoisotopic (exact) mass is 341 g/mol. The molecule has 2 rings (SSSR count). The van der Waals surface area contributed by atoms with E-state index in [1.807, 2.05) is 18.2 Å². The van der Waals surface area contributed by atoms with Crippen molar-refractivity contribution >= 4 is 33.0 Å². The van der Waals surface area contributed by atoms with Crippen LogP contribution in [0.25, 0.3) is 0 Å². The highest BCUT2D eigenvalue weighted by molar-refractivity contribution is 9.10. The molecule has 0 amide bonds. The molecule has 1 aromatic heterocycles. The third-order valence-electron chi connectivity index (χ3n) is 2.71. The van der Waals surface area contributed by atoms with Gasteiger partial charge in [-0.15, -0.1) is 11.3 Å². The van der Waals surface area contributed by atoms with Crippen LogP contribution in [0.4, 0.5) is 5.69 Å². The van der Waals surface area contributed by atoms with Crippen molar-refractivity contribution in [1.29, 1.82) is 0 Å². The van der Waals surface area contributed by atoms with Gasteiger partial charge in [-0.3, -0.25) is 0 Å². The second kappa shape index (κ2) is 7.05. The lowest BCUT2D eigenvalue weighted by atomic mass is 10.2. The van der Waals surface area contributed by atoms with E-state index >= 15 is 0 Å².